The zero-order valence-electron chi connectivity index (χ0n) is 11.0. The number of benzene rings is 1. The van der Waals surface area contributed by atoms with Crippen LogP contribution < -0.4 is 10.6 Å². The van der Waals surface area contributed by atoms with Crippen molar-refractivity contribution in [2.45, 2.75) is 13.0 Å². The van der Waals surface area contributed by atoms with Crippen LogP contribution in [0.3, 0.4) is 0 Å². The van der Waals surface area contributed by atoms with Crippen molar-refractivity contribution in [2.75, 3.05) is 13.2 Å². The van der Waals surface area contributed by atoms with E-state index in [0.29, 0.717) is 31.0 Å². The molecule has 0 atom stereocenters. The fourth-order valence-corrected chi connectivity index (χ4v) is 1.65. The normalized spacial score (nSPS) is 10.2. The highest BCUT2D eigenvalue weighted by Crippen LogP contribution is 2.19. The molecule has 2 amide bonds. The highest BCUT2D eigenvalue weighted by atomic mass is 16.5. The van der Waals surface area contributed by atoms with Crippen LogP contribution in [0.4, 0.5) is 4.79 Å². The van der Waals surface area contributed by atoms with E-state index in [1.165, 1.54) is 0 Å². The van der Waals surface area contributed by atoms with E-state index in [9.17, 15) is 4.79 Å². The number of nitrogens with one attached hydrogen (secondary N) is 2. The zero-order chi connectivity index (χ0) is 14.2. The number of hydrogen-bond donors (Lipinski definition) is 3. The summed E-state index contributed by atoms with van der Waals surface area (Å²) in [6, 6.07) is 11.1. The number of urea groups is 1. The molecule has 0 aliphatic rings. The molecule has 2 aromatic rings. The van der Waals surface area contributed by atoms with Gasteiger partial charge in [0.15, 0.2) is 5.76 Å². The molecule has 1 heterocycles. The van der Waals surface area contributed by atoms with Gasteiger partial charge in [-0.1, -0.05) is 35.5 Å². The number of aliphatic hydroxyl groups excluding tert-OH is 1. The second-order valence-electron chi connectivity index (χ2n) is 4.24. The Balaban J connectivity index is 1.83. The highest BCUT2D eigenvalue weighted by molar-refractivity contribution is 5.73. The number of carbonyl (C=O) groups is 1. The van der Waals surface area contributed by atoms with Gasteiger partial charge >= 0.3 is 6.03 Å². The zero-order valence-corrected chi connectivity index (χ0v) is 11.0. The molecule has 0 aliphatic heterocycles. The first-order valence-corrected chi connectivity index (χ1v) is 6.43. The van der Waals surface area contributed by atoms with Crippen molar-refractivity contribution in [1.29, 1.82) is 0 Å². The topological polar surface area (TPSA) is 87.4 Å². The second kappa shape index (κ2) is 7.30. The van der Waals surface area contributed by atoms with Gasteiger partial charge in [0, 0.05) is 24.8 Å². The molecule has 3 N–H and O–H groups in total. The molecule has 0 radical (unpaired) electrons. The van der Waals surface area contributed by atoms with Crippen LogP contribution in [-0.2, 0) is 6.54 Å². The first-order chi connectivity index (χ1) is 9.79. The van der Waals surface area contributed by atoms with Crippen molar-refractivity contribution < 1.29 is 14.4 Å². The lowest BCUT2D eigenvalue weighted by atomic mass is 10.2. The molecule has 0 unspecified atom stereocenters. The van der Waals surface area contributed by atoms with Crippen LogP contribution in [0.2, 0.25) is 0 Å². The van der Waals surface area contributed by atoms with Crippen molar-refractivity contribution in [1.82, 2.24) is 15.8 Å². The monoisotopic (exact) mass is 275 g/mol. The van der Waals surface area contributed by atoms with Crippen LogP contribution in [0.1, 0.15) is 12.1 Å². The average molecular weight is 275 g/mol. The largest absolute Gasteiger partial charge is 0.396 e. The van der Waals surface area contributed by atoms with Gasteiger partial charge in [-0.15, -0.1) is 0 Å². The van der Waals surface area contributed by atoms with E-state index >= 15 is 0 Å². The van der Waals surface area contributed by atoms with E-state index in [-0.39, 0.29) is 12.6 Å². The Morgan fingerprint density at radius 2 is 2.05 bits per heavy atom. The summed E-state index contributed by atoms with van der Waals surface area (Å²) in [5.41, 5.74) is 1.60. The predicted molar refractivity (Wildman–Crippen MR) is 73.9 cm³/mol. The summed E-state index contributed by atoms with van der Waals surface area (Å²) < 4.78 is 5.23. The lowest BCUT2D eigenvalue weighted by Crippen LogP contribution is -2.35. The number of nitrogens with zero attached hydrogens (tertiary/aromatic N) is 1. The van der Waals surface area contributed by atoms with Crippen molar-refractivity contribution in [3.8, 4) is 11.3 Å². The minimum absolute atomic E-state index is 0.0595. The Labute approximate surface area is 116 Å². The Hall–Kier alpha value is -2.34. The lowest BCUT2D eigenvalue weighted by molar-refractivity contribution is 0.237. The molecule has 6 heteroatoms. The maximum atomic E-state index is 11.4. The maximum absolute atomic E-state index is 11.4. The predicted octanol–water partition coefficient (Wildman–Crippen LogP) is 1.52. The third-order valence-corrected chi connectivity index (χ3v) is 2.67. The molecule has 1 aromatic carbocycles. The van der Waals surface area contributed by atoms with Crippen molar-refractivity contribution in [3.05, 3.63) is 42.1 Å². The maximum Gasteiger partial charge on any atom is 0.315 e. The van der Waals surface area contributed by atoms with E-state index < -0.39 is 0 Å². The van der Waals surface area contributed by atoms with E-state index in [4.69, 9.17) is 9.63 Å². The fourth-order valence-electron chi connectivity index (χ4n) is 1.65. The molecular weight excluding hydrogens is 258 g/mol. The SMILES string of the molecule is O=C(NCCCO)NCc1cc(-c2ccccc2)on1. The molecule has 106 valence electrons. The van der Waals surface area contributed by atoms with Crippen LogP contribution in [0.15, 0.2) is 40.9 Å². The first kappa shape index (κ1) is 14.1. The summed E-state index contributed by atoms with van der Waals surface area (Å²) in [4.78, 5) is 11.4. The minimum Gasteiger partial charge on any atom is -0.396 e. The molecule has 0 saturated heterocycles. The number of amides is 2. The van der Waals surface area contributed by atoms with Crippen molar-refractivity contribution >= 4 is 6.03 Å². The van der Waals surface area contributed by atoms with Crippen molar-refractivity contribution in [2.24, 2.45) is 0 Å². The second-order valence-corrected chi connectivity index (χ2v) is 4.24. The molecule has 1 aromatic heterocycles. The quantitative estimate of drug-likeness (QED) is 0.698. The number of carbonyl (C=O) groups excluding carboxylic acids is 1. The summed E-state index contributed by atoms with van der Waals surface area (Å²) in [5, 5.41) is 17.8. The Morgan fingerprint density at radius 3 is 2.80 bits per heavy atom. The molecule has 6 nitrogen and oxygen atoms in total. The van der Waals surface area contributed by atoms with Gasteiger partial charge in [0.25, 0.3) is 0 Å². The Kier molecular flexibility index (Phi) is 5.14. The minimum atomic E-state index is -0.289. The Bertz CT molecular complexity index is 540. The number of aromatic nitrogens is 1. The van der Waals surface area contributed by atoms with E-state index in [1.807, 2.05) is 30.3 Å². The standard InChI is InChI=1S/C14H17N3O3/c18-8-4-7-15-14(19)16-10-12-9-13(20-17-12)11-5-2-1-3-6-11/h1-3,5-6,9,18H,4,7-8,10H2,(H2,15,16,19). The summed E-state index contributed by atoms with van der Waals surface area (Å²) >= 11 is 0. The van der Waals surface area contributed by atoms with Crippen LogP contribution >= 0.6 is 0 Å². The van der Waals surface area contributed by atoms with E-state index in [0.717, 1.165) is 5.56 Å². The first-order valence-electron chi connectivity index (χ1n) is 6.43. The molecule has 2 rings (SSSR count). The van der Waals surface area contributed by atoms with Crippen LogP contribution in [0, 0.1) is 0 Å². The van der Waals surface area contributed by atoms with Gasteiger partial charge in [-0.3, -0.25) is 0 Å². The smallest absolute Gasteiger partial charge is 0.315 e. The molecule has 0 aliphatic carbocycles. The van der Waals surface area contributed by atoms with Gasteiger partial charge in [-0.05, 0) is 6.42 Å². The summed E-state index contributed by atoms with van der Waals surface area (Å²) in [6.45, 7) is 0.793. The number of hydrogen-bond acceptors (Lipinski definition) is 4. The molecule has 0 spiro atoms. The third kappa shape index (κ3) is 4.10. The van der Waals surface area contributed by atoms with E-state index in [1.54, 1.807) is 6.07 Å². The average Bonchev–Trinajstić information content (AvgIpc) is 2.95. The fraction of sp³-hybridized carbons (Fsp3) is 0.286. The summed E-state index contributed by atoms with van der Waals surface area (Å²) in [6.07, 6.45) is 0.537. The molecule has 0 saturated carbocycles. The van der Waals surface area contributed by atoms with Gasteiger partial charge in [0.2, 0.25) is 0 Å². The number of aliphatic hydroxyl groups is 1. The third-order valence-electron chi connectivity index (χ3n) is 2.67. The Morgan fingerprint density at radius 1 is 1.25 bits per heavy atom. The van der Waals surface area contributed by atoms with Gasteiger partial charge in [-0.25, -0.2) is 4.79 Å². The van der Waals surface area contributed by atoms with Crippen LogP contribution in [-0.4, -0.2) is 29.4 Å². The molecule has 0 fully saturated rings. The lowest BCUT2D eigenvalue weighted by Gasteiger charge is -2.04. The van der Waals surface area contributed by atoms with Crippen LogP contribution in [0.25, 0.3) is 11.3 Å². The van der Waals surface area contributed by atoms with Gasteiger partial charge in [-0.2, -0.15) is 0 Å². The summed E-state index contributed by atoms with van der Waals surface area (Å²) in [5.74, 6) is 0.670. The molecular formula is C14H17N3O3. The number of rotatable bonds is 6. The summed E-state index contributed by atoms with van der Waals surface area (Å²) in [7, 11) is 0. The van der Waals surface area contributed by atoms with Gasteiger partial charge in [0.05, 0.1) is 6.54 Å². The van der Waals surface area contributed by atoms with E-state index in [2.05, 4.69) is 15.8 Å². The van der Waals surface area contributed by atoms with Crippen molar-refractivity contribution in [3.63, 3.8) is 0 Å². The van der Waals surface area contributed by atoms with Crippen LogP contribution in [0.5, 0.6) is 0 Å². The van der Waals surface area contributed by atoms with Gasteiger partial charge < -0.3 is 20.3 Å². The van der Waals surface area contributed by atoms with Gasteiger partial charge in [0.1, 0.15) is 5.69 Å². The molecule has 20 heavy (non-hydrogen) atoms. The molecule has 0 bridgehead atoms. The highest BCUT2D eigenvalue weighted by Gasteiger charge is 2.07.